The molecule has 0 aliphatic carbocycles. The highest BCUT2D eigenvalue weighted by Gasteiger charge is 2.35. The molecule has 5 heteroatoms. The van der Waals surface area contributed by atoms with E-state index in [1.165, 1.54) is 13.8 Å². The zero-order valence-electron chi connectivity index (χ0n) is 8.67. The van der Waals surface area contributed by atoms with Crippen molar-refractivity contribution in [2.75, 3.05) is 6.54 Å². The molecule has 2 atom stereocenters. The van der Waals surface area contributed by atoms with Crippen molar-refractivity contribution >= 4 is 43.6 Å². The van der Waals surface area contributed by atoms with Crippen LogP contribution in [0.25, 0.3) is 0 Å². The molecule has 1 aliphatic heterocycles. The average Bonchev–Trinajstić information content (AvgIpc) is 2.46. The number of carbonyl (C=O) groups excluding carboxylic acids is 2. The van der Waals surface area contributed by atoms with Crippen LogP contribution in [-0.2, 0) is 9.59 Å². The number of hydrogen-bond donors (Lipinski definition) is 0. The highest BCUT2D eigenvalue weighted by molar-refractivity contribution is 9.28. The first-order valence-electron chi connectivity index (χ1n) is 4.72. The number of Topliss-reactive ketones (excluding diaryl/α,β-unsaturated/α-hetero) is 1. The maximum Gasteiger partial charge on any atom is 0.220 e. The fourth-order valence-electron chi connectivity index (χ4n) is 1.90. The Morgan fingerprint density at radius 2 is 1.93 bits per heavy atom. The summed E-state index contributed by atoms with van der Waals surface area (Å²) in [7, 11) is 0. The lowest BCUT2D eigenvalue weighted by molar-refractivity contribution is -0.135. The predicted molar refractivity (Wildman–Crippen MR) is 65.9 cm³/mol. The number of likely N-dealkylation sites (tertiary alicyclic amines) is 1. The molecule has 1 fully saturated rings. The monoisotopic (exact) mass is 337 g/mol. The van der Waals surface area contributed by atoms with Gasteiger partial charge in [-0.25, -0.2) is 0 Å². The van der Waals surface area contributed by atoms with Crippen LogP contribution in [0.15, 0.2) is 9.47 Å². The fraction of sp³-hybridized carbons (Fsp3) is 0.600. The highest BCUT2D eigenvalue weighted by atomic mass is 79.9. The zero-order valence-corrected chi connectivity index (χ0v) is 11.8. The molecule has 1 heterocycles. The Labute approximate surface area is 106 Å². The second kappa shape index (κ2) is 5.25. The molecule has 84 valence electrons. The normalized spacial score (nSPS) is 25.2. The fourth-order valence-corrected chi connectivity index (χ4v) is 2.65. The van der Waals surface area contributed by atoms with Gasteiger partial charge in [-0.2, -0.15) is 0 Å². The molecule has 1 amide bonds. The lowest BCUT2D eigenvalue weighted by Crippen LogP contribution is -2.38. The van der Waals surface area contributed by atoms with Crippen LogP contribution in [-0.4, -0.2) is 29.2 Å². The number of amides is 1. The van der Waals surface area contributed by atoms with Gasteiger partial charge in [-0.3, -0.25) is 9.59 Å². The third-order valence-corrected chi connectivity index (χ3v) is 3.10. The van der Waals surface area contributed by atoms with Crippen LogP contribution >= 0.6 is 31.9 Å². The summed E-state index contributed by atoms with van der Waals surface area (Å²) in [5.74, 6) is 0.278. The van der Waals surface area contributed by atoms with Crippen molar-refractivity contribution in [3.05, 3.63) is 9.47 Å². The van der Waals surface area contributed by atoms with Gasteiger partial charge in [-0.05, 0) is 51.1 Å². The van der Waals surface area contributed by atoms with Gasteiger partial charge in [0.2, 0.25) is 5.91 Å². The van der Waals surface area contributed by atoms with Crippen LogP contribution in [0.1, 0.15) is 20.3 Å². The Morgan fingerprint density at radius 3 is 2.27 bits per heavy atom. The number of nitrogens with zero attached hydrogens (tertiary/aromatic N) is 1. The highest BCUT2D eigenvalue weighted by Crippen LogP contribution is 2.28. The molecule has 1 saturated heterocycles. The van der Waals surface area contributed by atoms with Crippen LogP contribution < -0.4 is 0 Å². The number of ketones is 1. The molecule has 3 nitrogen and oxygen atoms in total. The summed E-state index contributed by atoms with van der Waals surface area (Å²) in [5, 5.41) is 0. The topological polar surface area (TPSA) is 37.4 Å². The third-order valence-electron chi connectivity index (χ3n) is 2.57. The van der Waals surface area contributed by atoms with E-state index in [4.69, 9.17) is 0 Å². The van der Waals surface area contributed by atoms with Gasteiger partial charge in [0, 0.05) is 13.5 Å². The smallest absolute Gasteiger partial charge is 0.220 e. The van der Waals surface area contributed by atoms with E-state index in [0.29, 0.717) is 6.54 Å². The van der Waals surface area contributed by atoms with Crippen molar-refractivity contribution in [1.29, 1.82) is 0 Å². The lowest BCUT2D eigenvalue weighted by atomic mass is 10.0. The van der Waals surface area contributed by atoms with Gasteiger partial charge in [0.25, 0.3) is 0 Å². The third kappa shape index (κ3) is 3.41. The molecule has 0 spiro atoms. The summed E-state index contributed by atoms with van der Waals surface area (Å²) >= 11 is 6.58. The number of rotatable bonds is 2. The number of hydrogen-bond acceptors (Lipinski definition) is 2. The van der Waals surface area contributed by atoms with Crippen LogP contribution in [0.2, 0.25) is 0 Å². The summed E-state index contributed by atoms with van der Waals surface area (Å²) in [5.41, 5.74) is 0. The minimum absolute atomic E-state index is 0.0307. The van der Waals surface area contributed by atoms with Gasteiger partial charge in [0.1, 0.15) is 0 Å². The van der Waals surface area contributed by atoms with E-state index in [-0.39, 0.29) is 23.7 Å². The molecule has 0 aromatic rings. The van der Waals surface area contributed by atoms with Crippen molar-refractivity contribution < 1.29 is 9.59 Å². The second-order valence-electron chi connectivity index (χ2n) is 3.75. The van der Waals surface area contributed by atoms with Gasteiger partial charge in [-0.1, -0.05) is 6.08 Å². The van der Waals surface area contributed by atoms with E-state index in [1.807, 2.05) is 6.08 Å². The molecule has 1 unspecified atom stereocenters. The van der Waals surface area contributed by atoms with Crippen LogP contribution in [0.3, 0.4) is 0 Å². The summed E-state index contributed by atoms with van der Waals surface area (Å²) in [6.45, 7) is 3.67. The van der Waals surface area contributed by atoms with E-state index in [2.05, 4.69) is 31.9 Å². The molecule has 1 rings (SSSR count). The Kier molecular flexibility index (Phi) is 4.52. The quantitative estimate of drug-likeness (QED) is 0.775. The van der Waals surface area contributed by atoms with Crippen LogP contribution in [0.5, 0.6) is 0 Å². The molecule has 0 aromatic heterocycles. The first-order chi connectivity index (χ1) is 6.91. The minimum Gasteiger partial charge on any atom is -0.332 e. The molecule has 1 aliphatic rings. The Bertz CT molecular complexity index is 289. The average molecular weight is 339 g/mol. The zero-order chi connectivity index (χ0) is 11.6. The first-order valence-corrected chi connectivity index (χ1v) is 6.31. The lowest BCUT2D eigenvalue weighted by Gasteiger charge is -2.20. The van der Waals surface area contributed by atoms with Gasteiger partial charge in [-0.15, -0.1) is 0 Å². The van der Waals surface area contributed by atoms with Crippen molar-refractivity contribution in [2.24, 2.45) is 5.92 Å². The molecule has 15 heavy (non-hydrogen) atoms. The predicted octanol–water partition coefficient (Wildman–Crippen LogP) is 2.44. The van der Waals surface area contributed by atoms with E-state index in [1.54, 1.807) is 4.90 Å². The summed E-state index contributed by atoms with van der Waals surface area (Å²) in [6, 6.07) is -0.247. The molecule has 0 radical (unpaired) electrons. The van der Waals surface area contributed by atoms with Crippen molar-refractivity contribution in [2.45, 2.75) is 26.3 Å². The molecule has 0 saturated carbocycles. The molecule has 0 bridgehead atoms. The Hall–Kier alpha value is -0.160. The van der Waals surface area contributed by atoms with E-state index < -0.39 is 0 Å². The van der Waals surface area contributed by atoms with Crippen LogP contribution in [0, 0.1) is 5.92 Å². The summed E-state index contributed by atoms with van der Waals surface area (Å²) in [6.07, 6.45) is 2.70. The largest absolute Gasteiger partial charge is 0.332 e. The molecular weight excluding hydrogens is 326 g/mol. The summed E-state index contributed by atoms with van der Waals surface area (Å²) < 4.78 is 0.868. The number of carbonyl (C=O) groups is 2. The van der Waals surface area contributed by atoms with Crippen molar-refractivity contribution in [3.8, 4) is 0 Å². The van der Waals surface area contributed by atoms with Gasteiger partial charge >= 0.3 is 0 Å². The minimum atomic E-state index is -0.247. The second-order valence-corrected chi connectivity index (χ2v) is 6.52. The molecule has 0 N–H and O–H groups in total. The van der Waals surface area contributed by atoms with Gasteiger partial charge < -0.3 is 4.90 Å². The van der Waals surface area contributed by atoms with E-state index in [0.717, 1.165) is 9.81 Å². The van der Waals surface area contributed by atoms with Gasteiger partial charge in [0.05, 0.1) is 9.43 Å². The molecule has 0 aromatic carbocycles. The first kappa shape index (κ1) is 12.9. The Balaban J connectivity index is 2.78. The van der Waals surface area contributed by atoms with Crippen molar-refractivity contribution in [1.82, 2.24) is 4.90 Å². The Morgan fingerprint density at radius 1 is 1.33 bits per heavy atom. The molecular formula is C10H13Br2NO2. The van der Waals surface area contributed by atoms with E-state index in [9.17, 15) is 9.59 Å². The van der Waals surface area contributed by atoms with E-state index >= 15 is 0 Å². The van der Waals surface area contributed by atoms with Crippen LogP contribution in [0.4, 0.5) is 0 Å². The maximum absolute atomic E-state index is 11.4. The van der Waals surface area contributed by atoms with Gasteiger partial charge in [0.15, 0.2) is 5.78 Å². The number of halogens is 2. The van der Waals surface area contributed by atoms with Crippen molar-refractivity contribution in [3.63, 3.8) is 0 Å². The standard InChI is InChI=1S/C10H13Br2NO2/c1-6(14)9-3-8(4-10(11)12)5-13(9)7(2)15/h4,8-9H,3,5H2,1-2H3/t8?,9-/m0/s1. The maximum atomic E-state index is 11.4. The summed E-state index contributed by atoms with van der Waals surface area (Å²) in [4.78, 5) is 24.3. The SMILES string of the molecule is CC(=O)[C@@H]1CC(C=C(Br)Br)CN1C(C)=O.